The Morgan fingerprint density at radius 3 is 2.53 bits per heavy atom. The molecule has 1 atom stereocenters. The summed E-state index contributed by atoms with van der Waals surface area (Å²) in [6.45, 7) is 2.20. The van der Waals surface area contributed by atoms with Crippen molar-refractivity contribution in [3.05, 3.63) is 91.6 Å². The summed E-state index contributed by atoms with van der Waals surface area (Å²) >= 11 is 14.0. The molecular weight excluding hydrogens is 467 g/mol. The van der Waals surface area contributed by atoms with Crippen LogP contribution >= 0.6 is 35.0 Å². The number of rotatable bonds is 8. The van der Waals surface area contributed by atoms with Gasteiger partial charge in [0.25, 0.3) is 0 Å². The zero-order chi connectivity index (χ0) is 23.1. The number of ether oxygens (including phenoxy) is 2. The van der Waals surface area contributed by atoms with Crippen molar-refractivity contribution in [2.45, 2.75) is 18.6 Å². The number of nitriles is 1. The van der Waals surface area contributed by atoms with Crippen molar-refractivity contribution in [2.24, 2.45) is 0 Å². The fourth-order valence-electron chi connectivity index (χ4n) is 3.35. The number of hydrogen-bond donors (Lipinski definition) is 1. The lowest BCUT2D eigenvalue weighted by Gasteiger charge is -2.30. The summed E-state index contributed by atoms with van der Waals surface area (Å²) in [7, 11) is 1.54. The van der Waals surface area contributed by atoms with E-state index in [9.17, 15) is 10.1 Å². The average molecular weight is 489 g/mol. The highest BCUT2D eigenvalue weighted by Gasteiger charge is 2.36. The minimum Gasteiger partial charge on any atom is -0.460 e. The molecule has 0 aliphatic carbocycles. The van der Waals surface area contributed by atoms with E-state index in [0.29, 0.717) is 43.2 Å². The molecule has 2 aromatic carbocycles. The molecule has 0 amide bonds. The molecule has 1 heterocycles. The van der Waals surface area contributed by atoms with Gasteiger partial charge >= 0.3 is 5.97 Å². The van der Waals surface area contributed by atoms with Crippen molar-refractivity contribution in [1.29, 1.82) is 5.26 Å². The van der Waals surface area contributed by atoms with Crippen LogP contribution in [0.25, 0.3) is 0 Å². The van der Waals surface area contributed by atoms with Gasteiger partial charge in [-0.2, -0.15) is 5.26 Å². The van der Waals surface area contributed by atoms with E-state index >= 15 is 0 Å². The van der Waals surface area contributed by atoms with Crippen LogP contribution in [0.5, 0.6) is 0 Å². The maximum Gasteiger partial charge on any atom is 0.336 e. The molecule has 0 radical (unpaired) electrons. The number of nitrogens with zero attached hydrogens (tertiary/aromatic N) is 1. The Bertz CT molecular complexity index is 1090. The molecule has 0 aromatic heterocycles. The first kappa shape index (κ1) is 24.2. The van der Waals surface area contributed by atoms with Crippen LogP contribution in [0.15, 0.2) is 70.4 Å². The molecule has 0 unspecified atom stereocenters. The first-order chi connectivity index (χ1) is 15.5. The first-order valence-electron chi connectivity index (χ1n) is 9.86. The smallest absolute Gasteiger partial charge is 0.336 e. The summed E-state index contributed by atoms with van der Waals surface area (Å²) in [6, 6.07) is 17.1. The van der Waals surface area contributed by atoms with E-state index in [1.54, 1.807) is 13.0 Å². The molecular formula is C24H22Cl2N2O3S. The second kappa shape index (κ2) is 11.4. The largest absolute Gasteiger partial charge is 0.460 e. The standard InChI is InChI=1S/C24H22Cl2N2O3S/c1-15-21(24(29)31-12-11-30-2)22(18-5-3-4-6-20(18)26)19(13-27)23(28-15)32-14-16-7-9-17(25)10-8-16/h3-10,22,28H,11-12,14H2,1-2H3/t22-/m1/s1. The topological polar surface area (TPSA) is 71.3 Å². The average Bonchev–Trinajstić information content (AvgIpc) is 2.78. The lowest BCUT2D eigenvalue weighted by atomic mass is 9.82. The molecule has 1 N–H and O–H groups in total. The van der Waals surface area contributed by atoms with E-state index in [1.807, 2.05) is 42.5 Å². The van der Waals surface area contributed by atoms with Crippen LogP contribution in [0, 0.1) is 11.3 Å². The number of allylic oxidation sites excluding steroid dienone is 2. The summed E-state index contributed by atoms with van der Waals surface area (Å²) in [5.41, 5.74) is 3.14. The molecule has 0 fully saturated rings. The Balaban J connectivity index is 1.99. The number of halogens is 2. The third-order valence-corrected chi connectivity index (χ3v) is 6.59. The second-order valence-electron chi connectivity index (χ2n) is 7.02. The summed E-state index contributed by atoms with van der Waals surface area (Å²) < 4.78 is 10.4. The van der Waals surface area contributed by atoms with Gasteiger partial charge in [-0.15, -0.1) is 11.8 Å². The predicted octanol–water partition coefficient (Wildman–Crippen LogP) is 5.81. The quantitative estimate of drug-likeness (QED) is 0.373. The fourth-order valence-corrected chi connectivity index (χ4v) is 4.77. The highest BCUT2D eigenvalue weighted by atomic mass is 35.5. The maximum atomic E-state index is 13.0. The van der Waals surface area contributed by atoms with E-state index in [4.69, 9.17) is 32.7 Å². The molecule has 1 aliphatic rings. The van der Waals surface area contributed by atoms with Gasteiger partial charge in [-0.05, 0) is 36.2 Å². The Kier molecular flexibility index (Phi) is 8.66. The van der Waals surface area contributed by atoms with E-state index in [1.165, 1.54) is 18.9 Å². The van der Waals surface area contributed by atoms with Crippen molar-refractivity contribution >= 4 is 40.9 Å². The lowest BCUT2D eigenvalue weighted by Crippen LogP contribution is -2.29. The highest BCUT2D eigenvalue weighted by Crippen LogP contribution is 2.43. The van der Waals surface area contributed by atoms with Crippen LogP contribution in [0.4, 0.5) is 0 Å². The molecule has 0 spiro atoms. The summed E-state index contributed by atoms with van der Waals surface area (Å²) in [6.07, 6.45) is 0. The van der Waals surface area contributed by atoms with Gasteiger partial charge in [-0.25, -0.2) is 4.79 Å². The lowest BCUT2D eigenvalue weighted by molar-refractivity contribution is -0.140. The summed E-state index contributed by atoms with van der Waals surface area (Å²) in [4.78, 5) is 13.0. The van der Waals surface area contributed by atoms with Gasteiger partial charge in [0, 0.05) is 28.6 Å². The normalized spacial score (nSPS) is 15.9. The predicted molar refractivity (Wildman–Crippen MR) is 128 cm³/mol. The van der Waals surface area contributed by atoms with Crippen molar-refractivity contribution in [3.63, 3.8) is 0 Å². The number of nitrogens with one attached hydrogen (secondary N) is 1. The van der Waals surface area contributed by atoms with Gasteiger partial charge in [0.2, 0.25) is 0 Å². The van der Waals surface area contributed by atoms with Crippen LogP contribution in [0.3, 0.4) is 0 Å². The molecule has 0 bridgehead atoms. The number of carbonyl (C=O) groups excluding carboxylic acids is 1. The summed E-state index contributed by atoms with van der Waals surface area (Å²) in [5, 5.41) is 15.2. The number of methoxy groups -OCH3 is 1. The molecule has 0 saturated carbocycles. The third-order valence-electron chi connectivity index (χ3n) is 4.90. The van der Waals surface area contributed by atoms with E-state index in [0.717, 1.165) is 5.56 Å². The van der Waals surface area contributed by atoms with Crippen LogP contribution < -0.4 is 5.32 Å². The zero-order valence-corrected chi connectivity index (χ0v) is 20.0. The van der Waals surface area contributed by atoms with Gasteiger partial charge in [0.05, 0.1) is 34.8 Å². The number of carbonyl (C=O) groups is 1. The van der Waals surface area contributed by atoms with E-state index in [2.05, 4.69) is 11.4 Å². The van der Waals surface area contributed by atoms with Crippen LogP contribution in [0.2, 0.25) is 10.0 Å². The minimum atomic E-state index is -0.641. The molecule has 5 nitrogen and oxygen atoms in total. The first-order valence-corrected chi connectivity index (χ1v) is 11.6. The molecule has 2 aromatic rings. The number of thioether (sulfide) groups is 1. The molecule has 1 aliphatic heterocycles. The minimum absolute atomic E-state index is 0.116. The summed E-state index contributed by atoms with van der Waals surface area (Å²) in [5.74, 6) is -0.523. The van der Waals surface area contributed by atoms with Crippen molar-refractivity contribution < 1.29 is 14.3 Å². The Morgan fingerprint density at radius 1 is 1.16 bits per heavy atom. The SMILES string of the molecule is COCCOC(=O)C1=C(C)NC(SCc2ccc(Cl)cc2)=C(C#N)[C@H]1c1ccccc1Cl. The Hall–Kier alpha value is -2.43. The number of benzene rings is 2. The van der Waals surface area contributed by atoms with Crippen LogP contribution in [-0.4, -0.2) is 26.3 Å². The van der Waals surface area contributed by atoms with Crippen LogP contribution in [-0.2, 0) is 20.0 Å². The second-order valence-corrected chi connectivity index (χ2v) is 8.85. The molecule has 32 heavy (non-hydrogen) atoms. The Morgan fingerprint density at radius 2 is 1.88 bits per heavy atom. The van der Waals surface area contributed by atoms with Gasteiger partial charge in [-0.3, -0.25) is 0 Å². The highest BCUT2D eigenvalue weighted by molar-refractivity contribution is 8.02. The number of dihydropyridines is 1. The molecule has 166 valence electrons. The van der Waals surface area contributed by atoms with E-state index in [-0.39, 0.29) is 13.2 Å². The fraction of sp³-hybridized carbons (Fsp3) is 0.250. The third kappa shape index (κ3) is 5.67. The maximum absolute atomic E-state index is 13.0. The van der Waals surface area contributed by atoms with Crippen molar-refractivity contribution in [3.8, 4) is 6.07 Å². The molecule has 8 heteroatoms. The van der Waals surface area contributed by atoms with Gasteiger partial charge in [0.15, 0.2) is 0 Å². The Labute approximate surface area is 202 Å². The van der Waals surface area contributed by atoms with Crippen molar-refractivity contribution in [1.82, 2.24) is 5.32 Å². The molecule has 0 saturated heterocycles. The monoisotopic (exact) mass is 488 g/mol. The number of hydrogen-bond acceptors (Lipinski definition) is 6. The van der Waals surface area contributed by atoms with Gasteiger partial charge < -0.3 is 14.8 Å². The number of esters is 1. The van der Waals surface area contributed by atoms with Gasteiger partial charge in [0.1, 0.15) is 6.61 Å². The van der Waals surface area contributed by atoms with Gasteiger partial charge in [-0.1, -0.05) is 53.5 Å². The van der Waals surface area contributed by atoms with E-state index < -0.39 is 11.9 Å². The zero-order valence-electron chi connectivity index (χ0n) is 17.7. The molecule has 3 rings (SSSR count). The van der Waals surface area contributed by atoms with Crippen LogP contribution in [0.1, 0.15) is 24.0 Å². The van der Waals surface area contributed by atoms with Crippen molar-refractivity contribution in [2.75, 3.05) is 20.3 Å².